The van der Waals surface area contributed by atoms with Gasteiger partial charge in [-0.15, -0.1) is 0 Å². The minimum atomic E-state index is -0.242. The molecule has 0 unspecified atom stereocenters. The molecule has 6 nitrogen and oxygen atoms in total. The van der Waals surface area contributed by atoms with E-state index in [1.165, 1.54) is 13.2 Å². The summed E-state index contributed by atoms with van der Waals surface area (Å²) in [6.07, 6.45) is 0. The van der Waals surface area contributed by atoms with Crippen molar-refractivity contribution < 1.29 is 23.4 Å². The van der Waals surface area contributed by atoms with E-state index in [1.54, 1.807) is 29.2 Å². The lowest BCUT2D eigenvalue weighted by Gasteiger charge is -2.36. The fraction of sp³-hybridized carbons (Fsp3) is 0.350. The van der Waals surface area contributed by atoms with E-state index in [1.807, 2.05) is 11.0 Å². The Morgan fingerprint density at radius 2 is 1.81 bits per heavy atom. The molecule has 27 heavy (non-hydrogen) atoms. The molecular weight excluding hydrogens is 351 g/mol. The molecule has 7 heteroatoms. The van der Waals surface area contributed by atoms with E-state index in [4.69, 9.17) is 14.2 Å². The van der Waals surface area contributed by atoms with Gasteiger partial charge in [0.2, 0.25) is 5.75 Å². The number of benzene rings is 2. The molecule has 0 N–H and O–H groups in total. The number of halogens is 1. The Labute approximate surface area is 157 Å². The summed E-state index contributed by atoms with van der Waals surface area (Å²) in [5, 5.41) is 0. The molecule has 2 heterocycles. The van der Waals surface area contributed by atoms with Gasteiger partial charge in [0.05, 0.1) is 12.8 Å². The zero-order chi connectivity index (χ0) is 18.8. The van der Waals surface area contributed by atoms with Crippen molar-refractivity contribution in [1.82, 2.24) is 4.90 Å². The molecular formula is C20H21FN2O4. The monoisotopic (exact) mass is 372 g/mol. The van der Waals surface area contributed by atoms with E-state index >= 15 is 0 Å². The number of hydrogen-bond donors (Lipinski definition) is 0. The summed E-state index contributed by atoms with van der Waals surface area (Å²) in [4.78, 5) is 16.7. The van der Waals surface area contributed by atoms with Crippen LogP contribution in [-0.4, -0.2) is 57.3 Å². The van der Waals surface area contributed by atoms with Gasteiger partial charge in [-0.25, -0.2) is 4.39 Å². The highest BCUT2D eigenvalue weighted by Gasteiger charge is 2.26. The first-order chi connectivity index (χ1) is 13.2. The van der Waals surface area contributed by atoms with E-state index < -0.39 is 0 Å². The largest absolute Gasteiger partial charge is 0.493 e. The lowest BCUT2D eigenvalue weighted by atomic mass is 10.1. The van der Waals surface area contributed by atoms with Crippen LogP contribution in [0, 0.1) is 5.82 Å². The summed E-state index contributed by atoms with van der Waals surface area (Å²) in [5.74, 6) is 1.20. The van der Waals surface area contributed by atoms with Crippen molar-refractivity contribution in [2.45, 2.75) is 0 Å². The summed E-state index contributed by atoms with van der Waals surface area (Å²) in [5.41, 5.74) is 1.07. The lowest BCUT2D eigenvalue weighted by Crippen LogP contribution is -2.49. The van der Waals surface area contributed by atoms with Crippen molar-refractivity contribution in [3.05, 3.63) is 47.8 Å². The standard InChI is InChI=1S/C20H21FN2O4/c1-25-17-12-14(13-18-19(17)27-11-10-26-18)20(24)23-8-6-22(7-9-23)16-5-3-2-4-15(16)21/h2-5,12-13H,6-11H2,1H3. The fourth-order valence-electron chi connectivity index (χ4n) is 3.44. The van der Waals surface area contributed by atoms with Crippen molar-refractivity contribution >= 4 is 11.6 Å². The second kappa shape index (κ2) is 7.34. The van der Waals surface area contributed by atoms with Gasteiger partial charge in [-0.05, 0) is 24.3 Å². The molecule has 2 aliphatic heterocycles. The number of hydrogen-bond acceptors (Lipinski definition) is 5. The Bertz CT molecular complexity index is 833. The molecule has 4 rings (SSSR count). The smallest absolute Gasteiger partial charge is 0.254 e. The van der Waals surface area contributed by atoms with Gasteiger partial charge in [-0.2, -0.15) is 0 Å². The molecule has 1 fully saturated rings. The van der Waals surface area contributed by atoms with Crippen LogP contribution < -0.4 is 19.1 Å². The van der Waals surface area contributed by atoms with Gasteiger partial charge < -0.3 is 24.0 Å². The Morgan fingerprint density at radius 3 is 2.56 bits per heavy atom. The molecule has 0 aromatic heterocycles. The number of para-hydroxylation sites is 1. The average molecular weight is 372 g/mol. The third-order valence-corrected chi connectivity index (χ3v) is 4.83. The van der Waals surface area contributed by atoms with Gasteiger partial charge in [-0.1, -0.05) is 12.1 Å². The maximum atomic E-state index is 14.0. The maximum Gasteiger partial charge on any atom is 0.254 e. The van der Waals surface area contributed by atoms with Crippen LogP contribution in [0.15, 0.2) is 36.4 Å². The van der Waals surface area contributed by atoms with E-state index in [2.05, 4.69) is 0 Å². The van der Waals surface area contributed by atoms with Crippen molar-refractivity contribution in [3.63, 3.8) is 0 Å². The zero-order valence-corrected chi connectivity index (χ0v) is 15.1. The minimum absolute atomic E-state index is 0.0987. The second-order valence-electron chi connectivity index (χ2n) is 6.43. The van der Waals surface area contributed by atoms with Crippen LogP contribution in [-0.2, 0) is 0 Å². The number of anilines is 1. The van der Waals surface area contributed by atoms with Crippen LogP contribution in [0.3, 0.4) is 0 Å². The number of carbonyl (C=O) groups is 1. The number of methoxy groups -OCH3 is 1. The molecule has 2 aromatic carbocycles. The van der Waals surface area contributed by atoms with Crippen LogP contribution in [0.5, 0.6) is 17.2 Å². The van der Waals surface area contributed by atoms with Crippen LogP contribution in [0.1, 0.15) is 10.4 Å². The Kier molecular flexibility index (Phi) is 4.75. The van der Waals surface area contributed by atoms with E-state index in [9.17, 15) is 9.18 Å². The number of amides is 1. The van der Waals surface area contributed by atoms with Crippen LogP contribution in [0.4, 0.5) is 10.1 Å². The van der Waals surface area contributed by atoms with Gasteiger partial charge in [0.25, 0.3) is 5.91 Å². The number of fused-ring (bicyclic) bond motifs is 1. The second-order valence-corrected chi connectivity index (χ2v) is 6.43. The molecule has 0 radical (unpaired) electrons. The topological polar surface area (TPSA) is 51.2 Å². The number of carbonyl (C=O) groups excluding carboxylic acids is 1. The van der Waals surface area contributed by atoms with Gasteiger partial charge in [-0.3, -0.25) is 4.79 Å². The molecule has 1 amide bonds. The Morgan fingerprint density at radius 1 is 1.07 bits per heavy atom. The molecule has 0 saturated carbocycles. The third kappa shape index (κ3) is 3.37. The molecule has 142 valence electrons. The van der Waals surface area contributed by atoms with Gasteiger partial charge in [0, 0.05) is 31.7 Å². The first-order valence-corrected chi connectivity index (χ1v) is 8.94. The van der Waals surface area contributed by atoms with Crippen LogP contribution in [0.25, 0.3) is 0 Å². The highest BCUT2D eigenvalue weighted by molar-refractivity contribution is 5.96. The predicted molar refractivity (Wildman–Crippen MR) is 98.5 cm³/mol. The Balaban J connectivity index is 1.49. The highest BCUT2D eigenvalue weighted by atomic mass is 19.1. The van der Waals surface area contributed by atoms with Crippen molar-refractivity contribution in [3.8, 4) is 17.2 Å². The number of ether oxygens (including phenoxy) is 3. The van der Waals surface area contributed by atoms with Crippen molar-refractivity contribution in [1.29, 1.82) is 0 Å². The highest BCUT2D eigenvalue weighted by Crippen LogP contribution is 2.40. The summed E-state index contributed by atoms with van der Waals surface area (Å²) < 4.78 is 30.5. The molecule has 0 bridgehead atoms. The van der Waals surface area contributed by atoms with Crippen LogP contribution in [0.2, 0.25) is 0 Å². The molecule has 1 saturated heterocycles. The quantitative estimate of drug-likeness (QED) is 0.829. The zero-order valence-electron chi connectivity index (χ0n) is 15.1. The first-order valence-electron chi connectivity index (χ1n) is 8.94. The first kappa shape index (κ1) is 17.5. The van der Waals surface area contributed by atoms with E-state index in [0.717, 1.165) is 0 Å². The van der Waals surface area contributed by atoms with Crippen molar-refractivity contribution in [2.75, 3.05) is 51.4 Å². The predicted octanol–water partition coefficient (Wildman–Crippen LogP) is 2.57. The number of rotatable bonds is 3. The Hall–Kier alpha value is -2.96. The van der Waals surface area contributed by atoms with Crippen molar-refractivity contribution in [2.24, 2.45) is 0 Å². The molecule has 0 atom stereocenters. The summed E-state index contributed by atoms with van der Waals surface area (Å²) in [6, 6.07) is 10.1. The number of nitrogens with zero attached hydrogens (tertiary/aromatic N) is 2. The summed E-state index contributed by atoms with van der Waals surface area (Å²) in [7, 11) is 1.54. The minimum Gasteiger partial charge on any atom is -0.493 e. The van der Waals surface area contributed by atoms with E-state index in [-0.39, 0.29) is 11.7 Å². The lowest BCUT2D eigenvalue weighted by molar-refractivity contribution is 0.0745. The van der Waals surface area contributed by atoms with E-state index in [0.29, 0.717) is 67.9 Å². The molecule has 2 aromatic rings. The maximum absolute atomic E-state index is 14.0. The normalized spacial score (nSPS) is 16.2. The SMILES string of the molecule is COc1cc(C(=O)N2CCN(c3ccccc3F)CC2)cc2c1OCCO2. The fourth-order valence-corrected chi connectivity index (χ4v) is 3.44. The molecule has 2 aliphatic rings. The summed E-state index contributed by atoms with van der Waals surface area (Å²) >= 11 is 0. The molecule has 0 spiro atoms. The van der Waals surface area contributed by atoms with Gasteiger partial charge in [0.1, 0.15) is 19.0 Å². The van der Waals surface area contributed by atoms with Crippen LogP contribution >= 0.6 is 0 Å². The summed E-state index contributed by atoms with van der Waals surface area (Å²) in [6.45, 7) is 3.08. The molecule has 0 aliphatic carbocycles. The van der Waals surface area contributed by atoms with Gasteiger partial charge >= 0.3 is 0 Å². The third-order valence-electron chi connectivity index (χ3n) is 4.83. The van der Waals surface area contributed by atoms with Gasteiger partial charge in [0.15, 0.2) is 11.5 Å². The average Bonchev–Trinajstić information content (AvgIpc) is 2.73. The number of piperazine rings is 1.